The summed E-state index contributed by atoms with van der Waals surface area (Å²) >= 11 is 5.82. The Morgan fingerprint density at radius 2 is 1.64 bits per heavy atom. The Bertz CT molecular complexity index is 1060. The van der Waals surface area contributed by atoms with Gasteiger partial charge in [-0.15, -0.1) is 0 Å². The fourth-order valence-corrected chi connectivity index (χ4v) is 4.20. The molecule has 0 saturated carbocycles. The van der Waals surface area contributed by atoms with Crippen molar-refractivity contribution in [3.05, 3.63) is 70.3 Å². The van der Waals surface area contributed by atoms with E-state index in [0.717, 1.165) is 5.56 Å². The summed E-state index contributed by atoms with van der Waals surface area (Å²) in [5, 5.41) is 4.38. The maximum Gasteiger partial charge on any atom is 0.273 e. The van der Waals surface area contributed by atoms with E-state index in [0.29, 0.717) is 5.02 Å². The number of amides is 1. The van der Waals surface area contributed by atoms with Crippen LogP contribution in [0.2, 0.25) is 5.02 Å². The van der Waals surface area contributed by atoms with Gasteiger partial charge in [-0.2, -0.15) is 5.10 Å². The van der Waals surface area contributed by atoms with Gasteiger partial charge in [-0.1, -0.05) is 56.6 Å². The van der Waals surface area contributed by atoms with Crippen LogP contribution in [0, 0.1) is 0 Å². The minimum Gasteiger partial charge on any atom is -0.267 e. The molecule has 2 aromatic rings. The van der Waals surface area contributed by atoms with Crippen molar-refractivity contribution < 1.29 is 13.2 Å². The van der Waals surface area contributed by atoms with Crippen LogP contribution in [0.15, 0.2) is 64.1 Å². The van der Waals surface area contributed by atoms with Crippen LogP contribution in [0.4, 0.5) is 0 Å². The molecule has 7 heteroatoms. The van der Waals surface area contributed by atoms with Crippen LogP contribution >= 0.6 is 11.6 Å². The van der Waals surface area contributed by atoms with Gasteiger partial charge < -0.3 is 0 Å². The molecule has 0 unspecified atom stereocenters. The molecule has 1 amide bonds. The van der Waals surface area contributed by atoms with Gasteiger partial charge in [-0.25, -0.2) is 13.8 Å². The Hall–Kier alpha value is -2.44. The molecule has 0 aliphatic carbocycles. The molecule has 0 atom stereocenters. The Morgan fingerprint density at radius 1 is 1.04 bits per heavy atom. The number of carbonyl (C=O) groups is 1. The fraction of sp³-hybridized carbons (Fsp3) is 0.238. The molecule has 1 aliphatic rings. The lowest BCUT2D eigenvalue weighted by Crippen LogP contribution is -2.19. The molecule has 0 saturated heterocycles. The molecule has 1 heterocycles. The smallest absolute Gasteiger partial charge is 0.267 e. The molecule has 0 spiro atoms. The van der Waals surface area contributed by atoms with Gasteiger partial charge in [0.15, 0.2) is 9.84 Å². The van der Waals surface area contributed by atoms with Crippen molar-refractivity contribution in [1.29, 1.82) is 0 Å². The van der Waals surface area contributed by atoms with E-state index in [1.807, 2.05) is 24.3 Å². The molecule has 5 nitrogen and oxygen atoms in total. The summed E-state index contributed by atoms with van der Waals surface area (Å²) in [6.45, 7) is 6.37. The van der Waals surface area contributed by atoms with E-state index >= 15 is 0 Å². The molecule has 0 aromatic heterocycles. The van der Waals surface area contributed by atoms with E-state index in [-0.39, 0.29) is 27.3 Å². The van der Waals surface area contributed by atoms with Gasteiger partial charge in [-0.3, -0.25) is 4.79 Å². The van der Waals surface area contributed by atoms with Gasteiger partial charge >= 0.3 is 0 Å². The van der Waals surface area contributed by atoms with E-state index in [9.17, 15) is 13.2 Å². The van der Waals surface area contributed by atoms with Gasteiger partial charge in [0.2, 0.25) is 0 Å². The normalized spacial score (nSPS) is 16.2. The lowest BCUT2D eigenvalue weighted by Gasteiger charge is -2.18. The van der Waals surface area contributed by atoms with Gasteiger partial charge in [0.25, 0.3) is 5.91 Å². The van der Waals surface area contributed by atoms with Crippen molar-refractivity contribution in [2.45, 2.75) is 31.1 Å². The van der Waals surface area contributed by atoms with Crippen LogP contribution < -0.4 is 5.43 Å². The second kappa shape index (κ2) is 7.53. The average Bonchev–Trinajstić information content (AvgIpc) is 2.94. The van der Waals surface area contributed by atoms with Crippen LogP contribution in [0.5, 0.6) is 0 Å². The summed E-state index contributed by atoms with van der Waals surface area (Å²) in [7, 11) is -3.66. The maximum atomic E-state index is 12.7. The maximum absolute atomic E-state index is 12.7. The Labute approximate surface area is 170 Å². The number of halogens is 1. The first-order chi connectivity index (χ1) is 13.1. The van der Waals surface area contributed by atoms with Crippen molar-refractivity contribution in [3.63, 3.8) is 0 Å². The third kappa shape index (κ3) is 4.51. The average molecular weight is 417 g/mol. The standard InChI is InChI=1S/C21H21ClN2O3S/c1-21(2,3)15-6-4-14(5-7-15)12-18-19(23-24-20(18)25)13-28(26,27)17-10-8-16(22)9-11-17/h4-12H,13H2,1-3H3,(H,24,25)/b18-12-. The number of nitrogens with one attached hydrogen (secondary N) is 1. The number of benzene rings is 2. The number of carbonyl (C=O) groups excluding carboxylic acids is 1. The Morgan fingerprint density at radius 3 is 2.21 bits per heavy atom. The highest BCUT2D eigenvalue weighted by Crippen LogP contribution is 2.24. The monoisotopic (exact) mass is 416 g/mol. The lowest BCUT2D eigenvalue weighted by molar-refractivity contribution is -0.116. The van der Waals surface area contributed by atoms with Crippen LogP contribution in [-0.4, -0.2) is 25.8 Å². The fourth-order valence-electron chi connectivity index (χ4n) is 2.78. The minimum absolute atomic E-state index is 0.0235. The number of hydrazone groups is 1. The Balaban J connectivity index is 1.87. The molecular weight excluding hydrogens is 396 g/mol. The quantitative estimate of drug-likeness (QED) is 0.766. The zero-order valence-corrected chi connectivity index (χ0v) is 17.4. The zero-order valence-electron chi connectivity index (χ0n) is 15.9. The van der Waals surface area contributed by atoms with E-state index in [1.54, 1.807) is 6.08 Å². The van der Waals surface area contributed by atoms with Gasteiger partial charge in [0.1, 0.15) is 0 Å². The first-order valence-corrected chi connectivity index (χ1v) is 10.8. The second-order valence-corrected chi connectivity index (χ2v) is 10.1. The van der Waals surface area contributed by atoms with Gasteiger partial charge in [0, 0.05) is 5.02 Å². The van der Waals surface area contributed by atoms with E-state index in [1.165, 1.54) is 29.8 Å². The van der Waals surface area contributed by atoms with Crippen molar-refractivity contribution >= 4 is 39.1 Å². The summed E-state index contributed by atoms with van der Waals surface area (Å²) < 4.78 is 25.3. The number of nitrogens with zero attached hydrogens (tertiary/aromatic N) is 1. The van der Waals surface area contributed by atoms with Crippen LogP contribution in [0.3, 0.4) is 0 Å². The van der Waals surface area contributed by atoms with Gasteiger partial charge in [-0.05, 0) is 46.9 Å². The van der Waals surface area contributed by atoms with Crippen molar-refractivity contribution in [2.24, 2.45) is 5.10 Å². The Kier molecular flexibility index (Phi) is 5.46. The highest BCUT2D eigenvalue weighted by Gasteiger charge is 2.28. The van der Waals surface area contributed by atoms with E-state index < -0.39 is 15.7 Å². The predicted octanol–water partition coefficient (Wildman–Crippen LogP) is 3.98. The first-order valence-electron chi connectivity index (χ1n) is 8.74. The first kappa shape index (κ1) is 20.3. The van der Waals surface area contributed by atoms with Crippen LogP contribution in [0.1, 0.15) is 31.9 Å². The van der Waals surface area contributed by atoms with E-state index in [2.05, 4.69) is 31.3 Å². The molecule has 2 aromatic carbocycles. The minimum atomic E-state index is -3.66. The second-order valence-electron chi connectivity index (χ2n) is 7.64. The van der Waals surface area contributed by atoms with Crippen LogP contribution in [0.25, 0.3) is 6.08 Å². The number of sulfone groups is 1. The van der Waals surface area contributed by atoms with Crippen molar-refractivity contribution in [1.82, 2.24) is 5.43 Å². The summed E-state index contributed by atoms with van der Waals surface area (Å²) in [4.78, 5) is 12.3. The van der Waals surface area contributed by atoms with Crippen LogP contribution in [-0.2, 0) is 20.0 Å². The lowest BCUT2D eigenvalue weighted by atomic mass is 9.86. The summed E-state index contributed by atoms with van der Waals surface area (Å²) in [5.41, 5.74) is 4.80. The van der Waals surface area contributed by atoms with Gasteiger partial charge in [0.05, 0.1) is 21.9 Å². The molecule has 146 valence electrons. The summed E-state index contributed by atoms with van der Waals surface area (Å²) in [6.07, 6.45) is 1.66. The zero-order chi connectivity index (χ0) is 20.5. The highest BCUT2D eigenvalue weighted by molar-refractivity contribution is 7.92. The molecule has 1 N–H and O–H groups in total. The van der Waals surface area contributed by atoms with E-state index in [4.69, 9.17) is 11.6 Å². The molecule has 0 radical (unpaired) electrons. The number of rotatable bonds is 4. The molecule has 0 fully saturated rings. The molecule has 0 bridgehead atoms. The predicted molar refractivity (Wildman–Crippen MR) is 112 cm³/mol. The molecular formula is C21H21ClN2O3S. The molecule has 28 heavy (non-hydrogen) atoms. The topological polar surface area (TPSA) is 75.6 Å². The molecule has 1 aliphatic heterocycles. The summed E-state index contributed by atoms with van der Waals surface area (Å²) in [6, 6.07) is 13.7. The highest BCUT2D eigenvalue weighted by atomic mass is 35.5. The van der Waals surface area contributed by atoms with Crippen molar-refractivity contribution in [3.8, 4) is 0 Å². The third-order valence-corrected chi connectivity index (χ3v) is 6.33. The largest absolute Gasteiger partial charge is 0.273 e. The molecule has 3 rings (SSSR count). The number of hydrogen-bond donors (Lipinski definition) is 1. The van der Waals surface area contributed by atoms with Crippen molar-refractivity contribution in [2.75, 3.05) is 5.75 Å². The number of hydrogen-bond acceptors (Lipinski definition) is 4. The summed E-state index contributed by atoms with van der Waals surface area (Å²) in [5.74, 6) is -0.791. The SMILES string of the molecule is CC(C)(C)c1ccc(/C=C2\C(=O)NN=C2CS(=O)(=O)c2ccc(Cl)cc2)cc1. The third-order valence-electron chi connectivity index (χ3n) is 4.44.